The predicted octanol–water partition coefficient (Wildman–Crippen LogP) is 3.44. The van der Waals surface area contributed by atoms with Crippen LogP contribution in [0.5, 0.6) is 0 Å². The Labute approximate surface area is 147 Å². The number of amides is 1. The highest BCUT2D eigenvalue weighted by Gasteiger charge is 2.28. The lowest BCUT2D eigenvalue weighted by Gasteiger charge is -2.14. The highest BCUT2D eigenvalue weighted by atomic mass is 32.2. The smallest absolute Gasteiger partial charge is 0.345 e. The monoisotopic (exact) mass is 365 g/mol. The van der Waals surface area contributed by atoms with Gasteiger partial charge in [0.05, 0.1) is 21.6 Å². The minimum Gasteiger partial charge on any atom is -0.478 e. The molecule has 0 unspecified atom stereocenters. The van der Waals surface area contributed by atoms with Gasteiger partial charge in [0.15, 0.2) is 0 Å². The number of aromatic carboxylic acids is 1. The first-order valence-electron chi connectivity index (χ1n) is 6.97. The fraction of sp³-hybridized carbons (Fsp3) is 0.188. The normalized spacial score (nSPS) is 13.0. The van der Waals surface area contributed by atoms with E-state index >= 15 is 0 Å². The van der Waals surface area contributed by atoms with Gasteiger partial charge < -0.3 is 15.2 Å². The summed E-state index contributed by atoms with van der Waals surface area (Å²) in [4.78, 5) is 36.1. The largest absolute Gasteiger partial charge is 0.478 e. The third kappa shape index (κ3) is 4.42. The Balaban J connectivity index is 2.31. The molecule has 24 heavy (non-hydrogen) atoms. The van der Waals surface area contributed by atoms with E-state index in [-0.39, 0.29) is 22.9 Å². The van der Waals surface area contributed by atoms with Crippen LogP contribution in [-0.4, -0.2) is 29.1 Å². The average Bonchev–Trinajstić information content (AvgIpc) is 3.00. The number of para-hydroxylation sites is 1. The minimum atomic E-state index is -1.17. The van der Waals surface area contributed by atoms with Gasteiger partial charge >= 0.3 is 11.9 Å². The molecule has 0 radical (unpaired) electrons. The van der Waals surface area contributed by atoms with Crippen LogP contribution in [0.15, 0.2) is 44.9 Å². The summed E-state index contributed by atoms with van der Waals surface area (Å²) >= 11 is 2.48. The molecule has 0 bridgehead atoms. The standard InChI is InChI=1S/C16H15NO5S2/c1-9(2)22-15(21)12(16-23-7-8-24-16)13(18)17-11-6-4-3-5-10(11)14(19)20/h3-9H,1-2H3,(H,17,18)(H,19,20). The Kier molecular flexibility index (Phi) is 6.10. The van der Waals surface area contributed by atoms with Gasteiger partial charge in [0.2, 0.25) is 0 Å². The second kappa shape index (κ2) is 8.07. The van der Waals surface area contributed by atoms with Crippen molar-refractivity contribution in [2.24, 2.45) is 0 Å². The topological polar surface area (TPSA) is 92.7 Å². The fourth-order valence-electron chi connectivity index (χ4n) is 1.83. The molecule has 1 aliphatic rings. The predicted molar refractivity (Wildman–Crippen MR) is 94.6 cm³/mol. The molecule has 0 atom stereocenters. The second-order valence-electron chi connectivity index (χ2n) is 4.93. The molecular weight excluding hydrogens is 350 g/mol. The maximum Gasteiger partial charge on any atom is 0.345 e. The van der Waals surface area contributed by atoms with Gasteiger partial charge in [-0.25, -0.2) is 9.59 Å². The van der Waals surface area contributed by atoms with Crippen LogP contribution in [0.1, 0.15) is 24.2 Å². The highest BCUT2D eigenvalue weighted by molar-refractivity contribution is 8.27. The molecule has 0 aliphatic carbocycles. The molecule has 0 spiro atoms. The molecule has 0 saturated carbocycles. The van der Waals surface area contributed by atoms with Crippen LogP contribution in [-0.2, 0) is 14.3 Å². The van der Waals surface area contributed by atoms with E-state index in [0.717, 1.165) is 0 Å². The summed E-state index contributed by atoms with van der Waals surface area (Å²) in [7, 11) is 0. The van der Waals surface area contributed by atoms with E-state index in [2.05, 4.69) is 5.32 Å². The zero-order valence-corrected chi connectivity index (χ0v) is 14.6. The Morgan fingerprint density at radius 2 is 1.75 bits per heavy atom. The van der Waals surface area contributed by atoms with E-state index in [4.69, 9.17) is 4.74 Å². The number of ether oxygens (including phenoxy) is 1. The number of carboxylic acid groups (broad SMARTS) is 1. The molecule has 1 amide bonds. The fourth-order valence-corrected chi connectivity index (χ4v) is 3.66. The molecule has 0 aromatic heterocycles. The van der Waals surface area contributed by atoms with Gasteiger partial charge in [0.25, 0.3) is 5.91 Å². The molecule has 0 saturated heterocycles. The van der Waals surface area contributed by atoms with Crippen LogP contribution in [0.2, 0.25) is 0 Å². The third-order valence-electron chi connectivity index (χ3n) is 2.79. The first-order chi connectivity index (χ1) is 11.4. The summed E-state index contributed by atoms with van der Waals surface area (Å²) in [6.45, 7) is 3.37. The minimum absolute atomic E-state index is 0.0581. The summed E-state index contributed by atoms with van der Waals surface area (Å²) in [5.41, 5.74) is -0.0763. The maximum absolute atomic E-state index is 12.6. The summed E-state index contributed by atoms with van der Waals surface area (Å²) in [5.74, 6) is -2.61. The highest BCUT2D eigenvalue weighted by Crippen LogP contribution is 2.40. The number of nitrogens with one attached hydrogen (secondary N) is 1. The van der Waals surface area contributed by atoms with E-state index in [0.29, 0.717) is 4.24 Å². The number of anilines is 1. The van der Waals surface area contributed by atoms with E-state index in [1.165, 1.54) is 35.7 Å². The van der Waals surface area contributed by atoms with E-state index in [9.17, 15) is 19.5 Å². The molecular formula is C16H15NO5S2. The Hall–Kier alpha value is -2.19. The number of thioether (sulfide) groups is 2. The third-order valence-corrected chi connectivity index (χ3v) is 4.92. The van der Waals surface area contributed by atoms with Gasteiger partial charge in [-0.2, -0.15) is 0 Å². The number of esters is 1. The van der Waals surface area contributed by atoms with Crippen molar-refractivity contribution in [1.29, 1.82) is 0 Å². The van der Waals surface area contributed by atoms with E-state index in [1.54, 1.807) is 36.8 Å². The molecule has 1 aliphatic heterocycles. The zero-order chi connectivity index (χ0) is 17.7. The lowest BCUT2D eigenvalue weighted by Crippen LogP contribution is -2.25. The van der Waals surface area contributed by atoms with Crippen molar-refractivity contribution in [1.82, 2.24) is 0 Å². The quantitative estimate of drug-likeness (QED) is 0.357. The van der Waals surface area contributed by atoms with E-state index < -0.39 is 17.8 Å². The van der Waals surface area contributed by atoms with Gasteiger partial charge in [0.1, 0.15) is 5.57 Å². The van der Waals surface area contributed by atoms with Crippen molar-refractivity contribution in [2.75, 3.05) is 5.32 Å². The number of benzene rings is 1. The lowest BCUT2D eigenvalue weighted by molar-refractivity contribution is -0.143. The molecule has 126 valence electrons. The average molecular weight is 365 g/mol. The Morgan fingerprint density at radius 3 is 2.33 bits per heavy atom. The lowest BCUT2D eigenvalue weighted by atomic mass is 10.1. The van der Waals surface area contributed by atoms with Crippen LogP contribution in [0, 0.1) is 0 Å². The van der Waals surface area contributed by atoms with Gasteiger partial charge in [-0.3, -0.25) is 4.79 Å². The maximum atomic E-state index is 12.6. The van der Waals surface area contributed by atoms with Crippen LogP contribution < -0.4 is 5.32 Å². The van der Waals surface area contributed by atoms with Crippen molar-refractivity contribution < 1.29 is 24.2 Å². The van der Waals surface area contributed by atoms with Gasteiger partial charge in [-0.1, -0.05) is 35.7 Å². The van der Waals surface area contributed by atoms with Gasteiger partial charge in [0, 0.05) is 0 Å². The molecule has 6 nitrogen and oxygen atoms in total. The van der Waals surface area contributed by atoms with Crippen molar-refractivity contribution in [3.63, 3.8) is 0 Å². The molecule has 1 aromatic rings. The molecule has 1 aromatic carbocycles. The van der Waals surface area contributed by atoms with Gasteiger partial charge in [-0.15, -0.1) is 0 Å². The molecule has 8 heteroatoms. The number of rotatable bonds is 5. The van der Waals surface area contributed by atoms with Crippen LogP contribution >= 0.6 is 23.5 Å². The van der Waals surface area contributed by atoms with Crippen molar-refractivity contribution in [3.05, 3.63) is 50.5 Å². The number of hydrogen-bond acceptors (Lipinski definition) is 6. The molecule has 2 N–H and O–H groups in total. The molecule has 2 rings (SSSR count). The number of carbonyl (C=O) groups is 3. The van der Waals surface area contributed by atoms with Crippen LogP contribution in [0.25, 0.3) is 0 Å². The molecule has 0 fully saturated rings. The summed E-state index contributed by atoms with van der Waals surface area (Å²) in [6, 6.07) is 5.99. The van der Waals surface area contributed by atoms with Crippen LogP contribution in [0.4, 0.5) is 5.69 Å². The Bertz CT molecular complexity index is 730. The van der Waals surface area contributed by atoms with Crippen molar-refractivity contribution >= 4 is 47.1 Å². The van der Waals surface area contributed by atoms with E-state index in [1.807, 2.05) is 0 Å². The SMILES string of the molecule is CC(C)OC(=O)C(C(=O)Nc1ccccc1C(=O)O)=C1SC=CS1. The first-order valence-corrected chi connectivity index (χ1v) is 8.73. The Morgan fingerprint density at radius 1 is 1.12 bits per heavy atom. The first kappa shape index (κ1) is 18.2. The summed E-state index contributed by atoms with van der Waals surface area (Å²) in [5, 5.41) is 15.2. The van der Waals surface area contributed by atoms with Gasteiger partial charge in [-0.05, 0) is 36.8 Å². The molecule has 1 heterocycles. The summed E-state index contributed by atoms with van der Waals surface area (Å²) < 4.78 is 5.62. The van der Waals surface area contributed by atoms with Crippen molar-refractivity contribution in [3.8, 4) is 0 Å². The number of carboxylic acids is 1. The van der Waals surface area contributed by atoms with Crippen LogP contribution in [0.3, 0.4) is 0 Å². The number of hydrogen-bond donors (Lipinski definition) is 2. The second-order valence-corrected chi connectivity index (χ2v) is 7.02. The van der Waals surface area contributed by atoms with Crippen molar-refractivity contribution in [2.45, 2.75) is 20.0 Å². The number of carbonyl (C=O) groups excluding carboxylic acids is 2. The summed E-state index contributed by atoms with van der Waals surface area (Å²) in [6.07, 6.45) is -0.378. The zero-order valence-electron chi connectivity index (χ0n) is 12.9.